The number of nitrogens with zero attached hydrogens (tertiary/aromatic N) is 2. The lowest BCUT2D eigenvalue weighted by molar-refractivity contribution is -0.138. The predicted molar refractivity (Wildman–Crippen MR) is 80.7 cm³/mol. The molecule has 0 fully saturated rings. The summed E-state index contributed by atoms with van der Waals surface area (Å²) in [7, 11) is 0. The molecule has 0 radical (unpaired) electrons. The van der Waals surface area contributed by atoms with Crippen molar-refractivity contribution in [2.75, 3.05) is 6.54 Å². The average Bonchev–Trinajstić information content (AvgIpc) is 2.91. The van der Waals surface area contributed by atoms with Gasteiger partial charge in [-0.1, -0.05) is 12.1 Å². The zero-order valence-corrected chi connectivity index (χ0v) is 13.3. The molecule has 0 aliphatic carbocycles. The maximum absolute atomic E-state index is 12.6. The Bertz CT molecular complexity index is 741. The SMILES string of the molecule is Cc1ncc(C(=O)N(CC(=O)O)Cc2ccc(C(F)(F)F)cc2)s1. The number of carboxylic acid groups (broad SMARTS) is 1. The van der Waals surface area contributed by atoms with Crippen LogP contribution in [0.4, 0.5) is 13.2 Å². The molecule has 0 saturated carbocycles. The molecule has 0 unspecified atom stereocenters. The van der Waals surface area contributed by atoms with Crippen LogP contribution in [-0.4, -0.2) is 33.4 Å². The van der Waals surface area contributed by atoms with E-state index in [1.807, 2.05) is 0 Å². The van der Waals surface area contributed by atoms with Gasteiger partial charge in [-0.15, -0.1) is 11.3 Å². The van der Waals surface area contributed by atoms with E-state index in [0.29, 0.717) is 10.6 Å². The molecule has 1 N–H and O–H groups in total. The van der Waals surface area contributed by atoms with Gasteiger partial charge in [0.25, 0.3) is 5.91 Å². The molecule has 0 saturated heterocycles. The second-order valence-electron chi connectivity index (χ2n) is 4.99. The molecule has 2 aromatic rings. The molecule has 0 aliphatic heterocycles. The second kappa shape index (κ2) is 7.00. The number of aliphatic carboxylic acids is 1. The Morgan fingerprint density at radius 2 is 1.88 bits per heavy atom. The van der Waals surface area contributed by atoms with Gasteiger partial charge in [-0.05, 0) is 24.6 Å². The van der Waals surface area contributed by atoms with E-state index in [1.165, 1.54) is 18.3 Å². The van der Waals surface area contributed by atoms with Crippen molar-refractivity contribution in [2.24, 2.45) is 0 Å². The van der Waals surface area contributed by atoms with E-state index >= 15 is 0 Å². The van der Waals surface area contributed by atoms with E-state index in [0.717, 1.165) is 28.4 Å². The van der Waals surface area contributed by atoms with Gasteiger partial charge in [0.2, 0.25) is 0 Å². The van der Waals surface area contributed by atoms with Gasteiger partial charge in [0.15, 0.2) is 0 Å². The maximum atomic E-state index is 12.6. The summed E-state index contributed by atoms with van der Waals surface area (Å²) in [5.41, 5.74) is -0.403. The first-order valence-corrected chi connectivity index (χ1v) is 7.58. The second-order valence-corrected chi connectivity index (χ2v) is 6.23. The van der Waals surface area contributed by atoms with Gasteiger partial charge in [-0.25, -0.2) is 4.98 Å². The number of carbonyl (C=O) groups excluding carboxylic acids is 1. The zero-order chi connectivity index (χ0) is 17.9. The first-order valence-electron chi connectivity index (χ1n) is 6.76. The van der Waals surface area contributed by atoms with E-state index in [-0.39, 0.29) is 11.4 Å². The molecular weight excluding hydrogens is 345 g/mol. The van der Waals surface area contributed by atoms with Crippen LogP contribution in [0.5, 0.6) is 0 Å². The third-order valence-electron chi connectivity index (χ3n) is 3.10. The quantitative estimate of drug-likeness (QED) is 0.891. The number of amides is 1. The van der Waals surface area contributed by atoms with E-state index in [9.17, 15) is 22.8 Å². The molecule has 0 spiro atoms. The number of halogens is 3. The van der Waals surface area contributed by atoms with Crippen LogP contribution < -0.4 is 0 Å². The minimum Gasteiger partial charge on any atom is -0.480 e. The van der Waals surface area contributed by atoms with Gasteiger partial charge in [0, 0.05) is 6.54 Å². The molecule has 2 rings (SSSR count). The lowest BCUT2D eigenvalue weighted by atomic mass is 10.1. The van der Waals surface area contributed by atoms with Crippen molar-refractivity contribution in [3.05, 3.63) is 51.5 Å². The minimum absolute atomic E-state index is 0.111. The number of alkyl halides is 3. The number of thiazole rings is 1. The van der Waals surface area contributed by atoms with Crippen molar-refractivity contribution in [3.8, 4) is 0 Å². The van der Waals surface area contributed by atoms with Crippen molar-refractivity contribution in [1.29, 1.82) is 0 Å². The number of aryl methyl sites for hydroxylation is 1. The first-order chi connectivity index (χ1) is 11.2. The van der Waals surface area contributed by atoms with Gasteiger partial charge in [-0.2, -0.15) is 13.2 Å². The summed E-state index contributed by atoms with van der Waals surface area (Å²) in [6.07, 6.45) is -3.10. The predicted octanol–water partition coefficient (Wildman–Crippen LogP) is 3.20. The lowest BCUT2D eigenvalue weighted by Gasteiger charge is -2.20. The fourth-order valence-corrected chi connectivity index (χ4v) is 2.74. The van der Waals surface area contributed by atoms with Gasteiger partial charge in [0.05, 0.1) is 16.8 Å². The summed E-state index contributed by atoms with van der Waals surface area (Å²) in [5, 5.41) is 9.61. The molecular formula is C15H13F3N2O3S. The molecule has 1 aromatic heterocycles. The van der Waals surface area contributed by atoms with Crippen LogP contribution in [0, 0.1) is 6.92 Å². The third kappa shape index (κ3) is 4.54. The van der Waals surface area contributed by atoms with Crippen molar-refractivity contribution < 1.29 is 27.9 Å². The molecule has 5 nitrogen and oxygen atoms in total. The Labute approximate surface area is 139 Å². The molecule has 1 heterocycles. The number of hydrogen-bond acceptors (Lipinski definition) is 4. The van der Waals surface area contributed by atoms with Crippen molar-refractivity contribution in [3.63, 3.8) is 0 Å². The molecule has 0 aliphatic rings. The van der Waals surface area contributed by atoms with Crippen LogP contribution in [-0.2, 0) is 17.5 Å². The van der Waals surface area contributed by atoms with E-state index < -0.39 is 30.2 Å². The number of aromatic nitrogens is 1. The molecule has 1 amide bonds. The van der Waals surface area contributed by atoms with E-state index in [1.54, 1.807) is 6.92 Å². The summed E-state index contributed by atoms with van der Waals surface area (Å²) in [5.74, 6) is -1.74. The maximum Gasteiger partial charge on any atom is 0.416 e. The van der Waals surface area contributed by atoms with Gasteiger partial charge in [-0.3, -0.25) is 9.59 Å². The van der Waals surface area contributed by atoms with Gasteiger partial charge in [0.1, 0.15) is 11.4 Å². The highest BCUT2D eigenvalue weighted by atomic mass is 32.1. The number of carbonyl (C=O) groups is 2. The standard InChI is InChI=1S/C15H13F3N2O3S/c1-9-19-6-12(24-9)14(23)20(8-13(21)22)7-10-2-4-11(5-3-10)15(16,17)18/h2-6H,7-8H2,1H3,(H,21,22). The highest BCUT2D eigenvalue weighted by Crippen LogP contribution is 2.29. The van der Waals surface area contributed by atoms with Crippen LogP contribution >= 0.6 is 11.3 Å². The van der Waals surface area contributed by atoms with Crippen LogP contribution in [0.1, 0.15) is 25.8 Å². The van der Waals surface area contributed by atoms with E-state index in [4.69, 9.17) is 5.11 Å². The van der Waals surface area contributed by atoms with Crippen molar-refractivity contribution >= 4 is 23.2 Å². The highest BCUT2D eigenvalue weighted by Gasteiger charge is 2.30. The molecule has 0 atom stereocenters. The molecule has 128 valence electrons. The summed E-state index contributed by atoms with van der Waals surface area (Å²) >= 11 is 1.12. The van der Waals surface area contributed by atoms with E-state index in [2.05, 4.69) is 4.98 Å². The number of hydrogen-bond donors (Lipinski definition) is 1. The molecule has 1 aromatic carbocycles. The smallest absolute Gasteiger partial charge is 0.416 e. The fourth-order valence-electron chi connectivity index (χ4n) is 2.00. The molecule has 0 bridgehead atoms. The summed E-state index contributed by atoms with van der Waals surface area (Å²) < 4.78 is 37.7. The summed E-state index contributed by atoms with van der Waals surface area (Å²) in [6.45, 7) is 1.04. The Morgan fingerprint density at radius 1 is 1.25 bits per heavy atom. The minimum atomic E-state index is -4.45. The van der Waals surface area contributed by atoms with Crippen molar-refractivity contribution in [2.45, 2.75) is 19.6 Å². The molecule has 9 heteroatoms. The highest BCUT2D eigenvalue weighted by molar-refractivity contribution is 7.13. The number of rotatable bonds is 5. The normalized spacial score (nSPS) is 11.3. The topological polar surface area (TPSA) is 70.5 Å². The number of benzene rings is 1. The van der Waals surface area contributed by atoms with Crippen LogP contribution in [0.25, 0.3) is 0 Å². The largest absolute Gasteiger partial charge is 0.480 e. The Balaban J connectivity index is 2.19. The van der Waals surface area contributed by atoms with Crippen LogP contribution in [0.3, 0.4) is 0 Å². The zero-order valence-electron chi connectivity index (χ0n) is 12.5. The van der Waals surface area contributed by atoms with Crippen LogP contribution in [0.15, 0.2) is 30.5 Å². The average molecular weight is 358 g/mol. The fraction of sp³-hybridized carbons (Fsp3) is 0.267. The monoisotopic (exact) mass is 358 g/mol. The summed E-state index contributed by atoms with van der Waals surface area (Å²) in [4.78, 5) is 28.6. The first kappa shape index (κ1) is 17.9. The van der Waals surface area contributed by atoms with Crippen molar-refractivity contribution in [1.82, 2.24) is 9.88 Å². The Morgan fingerprint density at radius 3 is 2.33 bits per heavy atom. The third-order valence-corrected chi connectivity index (χ3v) is 4.00. The molecule has 24 heavy (non-hydrogen) atoms. The van der Waals surface area contributed by atoms with Crippen LogP contribution in [0.2, 0.25) is 0 Å². The Hall–Kier alpha value is -2.42. The van der Waals surface area contributed by atoms with Gasteiger partial charge >= 0.3 is 12.1 Å². The lowest BCUT2D eigenvalue weighted by Crippen LogP contribution is -2.34. The Kier molecular flexibility index (Phi) is 5.23. The van der Waals surface area contributed by atoms with Gasteiger partial charge < -0.3 is 10.0 Å². The summed E-state index contributed by atoms with van der Waals surface area (Å²) in [6, 6.07) is 4.25. The number of carboxylic acids is 1.